The molecular weight excluding hydrogens is 274 g/mol. The van der Waals surface area contributed by atoms with Gasteiger partial charge >= 0.3 is 0 Å². The number of aromatic nitrogens is 3. The lowest BCUT2D eigenvalue weighted by atomic mass is 10.3. The maximum Gasteiger partial charge on any atom is 0.229 e. The average Bonchev–Trinajstić information content (AvgIpc) is 3.05. The zero-order chi connectivity index (χ0) is 14.1. The van der Waals surface area contributed by atoms with Crippen LogP contribution in [0.15, 0.2) is 17.8 Å². The van der Waals surface area contributed by atoms with E-state index in [0.29, 0.717) is 24.1 Å². The summed E-state index contributed by atoms with van der Waals surface area (Å²) in [6.45, 7) is 0.562. The van der Waals surface area contributed by atoms with E-state index in [1.54, 1.807) is 6.20 Å². The van der Waals surface area contributed by atoms with Crippen molar-refractivity contribution in [2.45, 2.75) is 31.8 Å². The van der Waals surface area contributed by atoms with Crippen molar-refractivity contribution in [3.05, 3.63) is 29.3 Å². The second-order valence-electron chi connectivity index (χ2n) is 5.06. The summed E-state index contributed by atoms with van der Waals surface area (Å²) >= 11 is 1.37. The lowest BCUT2D eigenvalue weighted by Crippen LogP contribution is -2.34. The van der Waals surface area contributed by atoms with Crippen LogP contribution in [-0.4, -0.2) is 31.4 Å². The van der Waals surface area contributed by atoms with Gasteiger partial charge in [0.2, 0.25) is 5.91 Å². The Bertz CT molecular complexity index is 616. The number of hydrogen-bond acceptors (Lipinski definition) is 5. The zero-order valence-corrected chi connectivity index (χ0v) is 12.1. The van der Waals surface area contributed by atoms with E-state index in [0.717, 1.165) is 24.4 Å². The van der Waals surface area contributed by atoms with Gasteiger partial charge in [-0.25, -0.2) is 9.97 Å². The summed E-state index contributed by atoms with van der Waals surface area (Å²) in [7, 11) is 1.94. The van der Waals surface area contributed by atoms with Crippen LogP contribution in [0, 0.1) is 0 Å². The molecule has 1 aliphatic carbocycles. The second-order valence-corrected chi connectivity index (χ2v) is 5.95. The van der Waals surface area contributed by atoms with Gasteiger partial charge in [0.1, 0.15) is 5.82 Å². The first-order valence-electron chi connectivity index (χ1n) is 6.59. The number of amides is 1. The molecule has 0 aliphatic heterocycles. The third-order valence-electron chi connectivity index (χ3n) is 3.44. The van der Waals surface area contributed by atoms with Gasteiger partial charge in [0.25, 0.3) is 0 Å². The smallest absolute Gasteiger partial charge is 0.229 e. The SMILES string of the molecule is Cn1ccnc1CN(C(=O)Cc1csc(N)n1)C1CC1. The molecule has 2 heterocycles. The topological polar surface area (TPSA) is 77.0 Å². The van der Waals surface area contributed by atoms with E-state index in [4.69, 9.17) is 5.73 Å². The Labute approximate surface area is 121 Å². The molecule has 0 radical (unpaired) electrons. The van der Waals surface area contributed by atoms with Crippen LogP contribution in [0.1, 0.15) is 24.4 Å². The third-order valence-corrected chi connectivity index (χ3v) is 4.17. The molecule has 0 unspecified atom stereocenters. The van der Waals surface area contributed by atoms with Gasteiger partial charge in [0.15, 0.2) is 5.13 Å². The molecule has 2 aromatic heterocycles. The minimum Gasteiger partial charge on any atom is -0.375 e. The predicted octanol–water partition coefficient (Wildman–Crippen LogP) is 1.19. The van der Waals surface area contributed by atoms with E-state index in [1.807, 2.05) is 28.1 Å². The first-order chi connectivity index (χ1) is 9.63. The lowest BCUT2D eigenvalue weighted by Gasteiger charge is -2.21. The van der Waals surface area contributed by atoms with Crippen LogP contribution in [0.5, 0.6) is 0 Å². The maximum absolute atomic E-state index is 12.5. The monoisotopic (exact) mass is 291 g/mol. The quantitative estimate of drug-likeness (QED) is 0.897. The molecule has 0 spiro atoms. The minimum atomic E-state index is 0.0980. The molecule has 1 aliphatic rings. The fraction of sp³-hybridized carbons (Fsp3) is 0.462. The van der Waals surface area contributed by atoms with Crippen molar-refractivity contribution in [1.82, 2.24) is 19.4 Å². The molecule has 6 nitrogen and oxygen atoms in total. The molecule has 2 N–H and O–H groups in total. The van der Waals surface area contributed by atoms with E-state index in [2.05, 4.69) is 9.97 Å². The Morgan fingerprint density at radius 2 is 2.40 bits per heavy atom. The number of imidazole rings is 1. The summed E-state index contributed by atoms with van der Waals surface area (Å²) in [5.74, 6) is 1.00. The number of hydrogen-bond donors (Lipinski definition) is 1. The zero-order valence-electron chi connectivity index (χ0n) is 11.3. The van der Waals surface area contributed by atoms with Gasteiger partial charge in [-0.2, -0.15) is 0 Å². The van der Waals surface area contributed by atoms with Crippen molar-refractivity contribution in [1.29, 1.82) is 0 Å². The standard InChI is InChI=1S/C13H17N5OS/c1-17-5-4-15-11(17)7-18(10-2-3-10)12(19)6-9-8-20-13(14)16-9/h4-5,8,10H,2-3,6-7H2,1H3,(H2,14,16). The highest BCUT2D eigenvalue weighted by Crippen LogP contribution is 2.29. The molecule has 3 rings (SSSR count). The van der Waals surface area contributed by atoms with Gasteiger partial charge < -0.3 is 15.2 Å². The summed E-state index contributed by atoms with van der Waals surface area (Å²) in [6.07, 6.45) is 6.12. The summed E-state index contributed by atoms with van der Waals surface area (Å²) in [5.41, 5.74) is 6.35. The molecule has 2 aromatic rings. The summed E-state index contributed by atoms with van der Waals surface area (Å²) in [4.78, 5) is 22.8. The highest BCUT2D eigenvalue weighted by Gasteiger charge is 2.33. The Kier molecular flexibility index (Phi) is 3.43. The van der Waals surface area contributed by atoms with Crippen LogP contribution < -0.4 is 5.73 Å². The fourth-order valence-corrected chi connectivity index (χ4v) is 2.73. The molecule has 20 heavy (non-hydrogen) atoms. The Balaban J connectivity index is 1.70. The number of nitrogens with two attached hydrogens (primary N) is 1. The molecule has 0 aromatic carbocycles. The number of nitrogens with zero attached hydrogens (tertiary/aromatic N) is 4. The lowest BCUT2D eigenvalue weighted by molar-refractivity contribution is -0.131. The first-order valence-corrected chi connectivity index (χ1v) is 7.47. The maximum atomic E-state index is 12.5. The molecule has 0 atom stereocenters. The van der Waals surface area contributed by atoms with Gasteiger partial charge in [0.05, 0.1) is 18.7 Å². The van der Waals surface area contributed by atoms with Crippen molar-refractivity contribution in [3.63, 3.8) is 0 Å². The van der Waals surface area contributed by atoms with Gasteiger partial charge in [-0.3, -0.25) is 4.79 Å². The minimum absolute atomic E-state index is 0.0980. The molecule has 0 saturated heterocycles. The van der Waals surface area contributed by atoms with Crippen molar-refractivity contribution >= 4 is 22.4 Å². The number of aryl methyl sites for hydroxylation is 1. The molecule has 1 saturated carbocycles. The summed E-state index contributed by atoms with van der Waals surface area (Å²) in [6, 6.07) is 0.357. The highest BCUT2D eigenvalue weighted by atomic mass is 32.1. The number of anilines is 1. The van der Waals surface area contributed by atoms with Crippen LogP contribution in [0.4, 0.5) is 5.13 Å². The third kappa shape index (κ3) is 2.82. The van der Waals surface area contributed by atoms with Crippen LogP contribution in [-0.2, 0) is 24.8 Å². The average molecular weight is 291 g/mol. The predicted molar refractivity (Wildman–Crippen MR) is 77.0 cm³/mol. The summed E-state index contributed by atoms with van der Waals surface area (Å²) < 4.78 is 1.95. The number of nitrogen functional groups attached to an aromatic ring is 1. The Morgan fingerprint density at radius 3 is 2.95 bits per heavy atom. The van der Waals surface area contributed by atoms with Crippen molar-refractivity contribution in [3.8, 4) is 0 Å². The van der Waals surface area contributed by atoms with Crippen LogP contribution in [0.3, 0.4) is 0 Å². The number of thiazole rings is 1. The molecule has 106 valence electrons. The molecule has 0 bridgehead atoms. The Morgan fingerprint density at radius 1 is 1.60 bits per heavy atom. The number of rotatable bonds is 5. The largest absolute Gasteiger partial charge is 0.375 e. The number of carbonyl (C=O) groups excluding carboxylic acids is 1. The van der Waals surface area contributed by atoms with Crippen molar-refractivity contribution in [2.75, 3.05) is 5.73 Å². The van der Waals surface area contributed by atoms with E-state index in [-0.39, 0.29) is 5.91 Å². The van der Waals surface area contributed by atoms with Gasteiger partial charge in [0, 0.05) is 30.9 Å². The van der Waals surface area contributed by atoms with E-state index in [9.17, 15) is 4.79 Å². The first kappa shape index (κ1) is 13.1. The van der Waals surface area contributed by atoms with Crippen molar-refractivity contribution in [2.24, 2.45) is 7.05 Å². The second kappa shape index (κ2) is 5.24. The van der Waals surface area contributed by atoms with E-state index in [1.165, 1.54) is 11.3 Å². The van der Waals surface area contributed by atoms with Crippen LogP contribution in [0.25, 0.3) is 0 Å². The fourth-order valence-electron chi connectivity index (χ4n) is 2.17. The Hall–Kier alpha value is -1.89. The normalized spacial score (nSPS) is 14.4. The van der Waals surface area contributed by atoms with Gasteiger partial charge in [-0.15, -0.1) is 11.3 Å². The summed E-state index contributed by atoms with van der Waals surface area (Å²) in [5, 5.41) is 2.36. The van der Waals surface area contributed by atoms with Gasteiger partial charge in [-0.1, -0.05) is 0 Å². The molecule has 7 heteroatoms. The molecule has 1 amide bonds. The highest BCUT2D eigenvalue weighted by molar-refractivity contribution is 7.13. The van der Waals surface area contributed by atoms with Gasteiger partial charge in [-0.05, 0) is 12.8 Å². The van der Waals surface area contributed by atoms with Crippen LogP contribution in [0.2, 0.25) is 0 Å². The van der Waals surface area contributed by atoms with Crippen molar-refractivity contribution < 1.29 is 4.79 Å². The van der Waals surface area contributed by atoms with Crippen LogP contribution >= 0.6 is 11.3 Å². The van der Waals surface area contributed by atoms with E-state index < -0.39 is 0 Å². The van der Waals surface area contributed by atoms with E-state index >= 15 is 0 Å². The number of carbonyl (C=O) groups is 1. The molecular formula is C13H17N5OS. The molecule has 1 fully saturated rings.